The van der Waals surface area contributed by atoms with Crippen LogP contribution >= 0.6 is 0 Å². The second-order valence-electron chi connectivity index (χ2n) is 4.09. The molecule has 106 valence electrons. The van der Waals surface area contributed by atoms with E-state index in [4.69, 9.17) is 10.00 Å². The number of rotatable bonds is 4. The minimum atomic E-state index is -1.01. The van der Waals surface area contributed by atoms with Gasteiger partial charge in [-0.05, 0) is 23.8 Å². The minimum Gasteiger partial charge on any atom is -0.489 e. The van der Waals surface area contributed by atoms with Crippen LogP contribution in [-0.2, 0) is 6.61 Å². The molecule has 0 saturated carbocycles. The van der Waals surface area contributed by atoms with E-state index in [-0.39, 0.29) is 17.9 Å². The molecule has 0 fully saturated rings. The van der Waals surface area contributed by atoms with E-state index < -0.39 is 22.2 Å². The molecule has 21 heavy (non-hydrogen) atoms. The van der Waals surface area contributed by atoms with Crippen molar-refractivity contribution in [3.63, 3.8) is 0 Å². The molecule has 0 aliphatic heterocycles. The highest BCUT2D eigenvalue weighted by atomic mass is 19.1. The summed E-state index contributed by atoms with van der Waals surface area (Å²) >= 11 is 0. The van der Waals surface area contributed by atoms with Gasteiger partial charge in [0.05, 0.1) is 10.5 Å². The Bertz CT molecular complexity index is 741. The van der Waals surface area contributed by atoms with Crippen LogP contribution < -0.4 is 4.74 Å². The lowest BCUT2D eigenvalue weighted by Gasteiger charge is -2.07. The maximum Gasteiger partial charge on any atom is 0.305 e. The minimum absolute atomic E-state index is 0.0216. The molecule has 0 spiro atoms. The van der Waals surface area contributed by atoms with Crippen molar-refractivity contribution >= 4 is 5.69 Å². The summed E-state index contributed by atoms with van der Waals surface area (Å²) in [5, 5.41) is 19.2. The predicted octanol–water partition coefficient (Wildman–Crippen LogP) is 3.32. The third-order valence-corrected chi connectivity index (χ3v) is 2.67. The van der Waals surface area contributed by atoms with Gasteiger partial charge >= 0.3 is 5.69 Å². The lowest BCUT2D eigenvalue weighted by Crippen LogP contribution is -1.98. The quantitative estimate of drug-likeness (QED) is 0.639. The molecule has 0 saturated heterocycles. The molecule has 2 aromatic rings. The first-order valence-electron chi connectivity index (χ1n) is 5.76. The van der Waals surface area contributed by atoms with Crippen molar-refractivity contribution in [2.24, 2.45) is 0 Å². The van der Waals surface area contributed by atoms with E-state index in [9.17, 15) is 18.9 Å². The zero-order valence-electron chi connectivity index (χ0n) is 10.5. The van der Waals surface area contributed by atoms with Crippen LogP contribution in [-0.4, -0.2) is 4.92 Å². The first-order chi connectivity index (χ1) is 10.0. The summed E-state index contributed by atoms with van der Waals surface area (Å²) in [5.41, 5.74) is -0.242. The second kappa shape index (κ2) is 5.96. The van der Waals surface area contributed by atoms with Gasteiger partial charge < -0.3 is 4.74 Å². The predicted molar refractivity (Wildman–Crippen MR) is 68.5 cm³/mol. The Morgan fingerprint density at radius 2 is 1.95 bits per heavy atom. The maximum absolute atomic E-state index is 13.4. The van der Waals surface area contributed by atoms with Crippen LogP contribution in [0.25, 0.3) is 0 Å². The molecule has 0 radical (unpaired) electrons. The molecule has 5 nitrogen and oxygen atoms in total. The highest BCUT2D eigenvalue weighted by Gasteiger charge is 2.14. The van der Waals surface area contributed by atoms with Crippen molar-refractivity contribution < 1.29 is 18.4 Å². The Kier molecular flexibility index (Phi) is 4.09. The molecule has 0 atom stereocenters. The lowest BCUT2D eigenvalue weighted by atomic mass is 10.1. The van der Waals surface area contributed by atoms with Crippen molar-refractivity contribution in [1.29, 1.82) is 5.26 Å². The fourth-order valence-electron chi connectivity index (χ4n) is 1.64. The van der Waals surface area contributed by atoms with Gasteiger partial charge in [0.25, 0.3) is 0 Å². The topological polar surface area (TPSA) is 76.2 Å². The fourth-order valence-corrected chi connectivity index (χ4v) is 1.64. The van der Waals surface area contributed by atoms with Crippen LogP contribution in [0.15, 0.2) is 36.4 Å². The number of halogens is 2. The van der Waals surface area contributed by atoms with Crippen LogP contribution in [0.1, 0.15) is 11.1 Å². The van der Waals surface area contributed by atoms with Gasteiger partial charge in [0.1, 0.15) is 24.2 Å². The van der Waals surface area contributed by atoms with E-state index in [1.165, 1.54) is 18.2 Å². The smallest absolute Gasteiger partial charge is 0.305 e. The van der Waals surface area contributed by atoms with Crippen LogP contribution in [0.5, 0.6) is 5.75 Å². The molecule has 7 heteroatoms. The first-order valence-corrected chi connectivity index (χ1v) is 5.76. The Hall–Kier alpha value is -3.01. The Balaban J connectivity index is 2.12. The standard InChI is InChI=1S/C14H8F2N2O3/c15-12-3-1-9(5-10(12)7-17)8-21-11-2-4-14(18(19)20)13(16)6-11/h1-6H,8H2. The third kappa shape index (κ3) is 3.30. The molecule has 0 aliphatic rings. The molecule has 2 aromatic carbocycles. The van der Waals surface area contributed by atoms with Crippen molar-refractivity contribution in [1.82, 2.24) is 0 Å². The van der Waals surface area contributed by atoms with Crippen molar-refractivity contribution in [3.05, 3.63) is 69.3 Å². The number of nitriles is 1. The fraction of sp³-hybridized carbons (Fsp3) is 0.0714. The van der Waals surface area contributed by atoms with E-state index >= 15 is 0 Å². The van der Waals surface area contributed by atoms with Crippen LogP contribution in [0.4, 0.5) is 14.5 Å². The highest BCUT2D eigenvalue weighted by Crippen LogP contribution is 2.23. The number of nitro groups is 1. The van der Waals surface area contributed by atoms with E-state index in [0.29, 0.717) is 5.56 Å². The van der Waals surface area contributed by atoms with Crippen LogP contribution in [0.2, 0.25) is 0 Å². The van der Waals surface area contributed by atoms with Gasteiger partial charge in [-0.25, -0.2) is 4.39 Å². The average molecular weight is 290 g/mol. The third-order valence-electron chi connectivity index (χ3n) is 2.67. The number of hydrogen-bond donors (Lipinski definition) is 0. The molecular formula is C14H8F2N2O3. The molecule has 0 heterocycles. The number of nitro benzene ring substituents is 1. The molecule has 0 amide bonds. The number of hydrogen-bond acceptors (Lipinski definition) is 4. The molecule has 2 rings (SSSR count). The largest absolute Gasteiger partial charge is 0.489 e. The van der Waals surface area contributed by atoms with Gasteiger partial charge in [0.15, 0.2) is 0 Å². The normalized spacial score (nSPS) is 9.95. The zero-order chi connectivity index (χ0) is 15.4. The van der Waals surface area contributed by atoms with Gasteiger partial charge in [-0.1, -0.05) is 6.07 Å². The van der Waals surface area contributed by atoms with Gasteiger partial charge in [-0.15, -0.1) is 0 Å². The Morgan fingerprint density at radius 3 is 2.57 bits per heavy atom. The highest BCUT2D eigenvalue weighted by molar-refractivity contribution is 5.38. The van der Waals surface area contributed by atoms with Gasteiger partial charge in [0.2, 0.25) is 5.82 Å². The molecule has 0 bridgehead atoms. The first kappa shape index (κ1) is 14.4. The van der Waals surface area contributed by atoms with Crippen molar-refractivity contribution in [2.75, 3.05) is 0 Å². The summed E-state index contributed by atoms with van der Waals surface area (Å²) in [4.78, 5) is 9.64. The monoisotopic (exact) mass is 290 g/mol. The van der Waals surface area contributed by atoms with E-state index in [1.54, 1.807) is 6.07 Å². The average Bonchev–Trinajstić information content (AvgIpc) is 2.46. The summed E-state index contributed by atoms with van der Waals surface area (Å²) in [5.74, 6) is -1.54. The summed E-state index contributed by atoms with van der Waals surface area (Å²) in [6, 6.07) is 8.73. The Labute approximate surface area is 118 Å². The Morgan fingerprint density at radius 1 is 1.19 bits per heavy atom. The summed E-state index contributed by atoms with van der Waals surface area (Å²) in [6.07, 6.45) is 0. The summed E-state index contributed by atoms with van der Waals surface area (Å²) in [7, 11) is 0. The van der Waals surface area contributed by atoms with Gasteiger partial charge in [-0.2, -0.15) is 9.65 Å². The molecule has 0 unspecified atom stereocenters. The van der Waals surface area contributed by atoms with Crippen LogP contribution in [0.3, 0.4) is 0 Å². The summed E-state index contributed by atoms with van der Waals surface area (Å²) in [6.45, 7) is -0.0216. The van der Waals surface area contributed by atoms with Crippen molar-refractivity contribution in [3.8, 4) is 11.8 Å². The van der Waals surface area contributed by atoms with E-state index in [1.807, 2.05) is 0 Å². The van der Waals surface area contributed by atoms with Gasteiger partial charge in [0, 0.05) is 12.1 Å². The van der Waals surface area contributed by atoms with E-state index in [2.05, 4.69) is 0 Å². The summed E-state index contributed by atoms with van der Waals surface area (Å²) < 4.78 is 31.8. The maximum atomic E-state index is 13.4. The zero-order valence-corrected chi connectivity index (χ0v) is 10.5. The lowest BCUT2D eigenvalue weighted by molar-refractivity contribution is -0.387. The number of nitrogens with zero attached hydrogens (tertiary/aromatic N) is 2. The molecular weight excluding hydrogens is 282 g/mol. The molecule has 0 N–H and O–H groups in total. The second-order valence-corrected chi connectivity index (χ2v) is 4.09. The molecule has 0 aliphatic carbocycles. The van der Waals surface area contributed by atoms with E-state index in [0.717, 1.165) is 18.2 Å². The SMILES string of the molecule is N#Cc1cc(COc2ccc([N+](=O)[O-])c(F)c2)ccc1F. The van der Waals surface area contributed by atoms with Gasteiger partial charge in [-0.3, -0.25) is 10.1 Å². The van der Waals surface area contributed by atoms with Crippen molar-refractivity contribution in [2.45, 2.75) is 6.61 Å². The number of benzene rings is 2. The number of ether oxygens (including phenoxy) is 1. The molecule has 0 aromatic heterocycles. The van der Waals surface area contributed by atoms with Crippen LogP contribution in [0, 0.1) is 33.1 Å².